The molecule has 0 fully saturated rings. The van der Waals surface area contributed by atoms with Crippen molar-refractivity contribution >= 4 is 40.9 Å². The predicted molar refractivity (Wildman–Crippen MR) is 93.3 cm³/mol. The van der Waals surface area contributed by atoms with Crippen molar-refractivity contribution in [2.45, 2.75) is 11.8 Å². The van der Waals surface area contributed by atoms with E-state index in [2.05, 4.69) is 10.1 Å². The van der Waals surface area contributed by atoms with Crippen LogP contribution in [0.3, 0.4) is 0 Å². The Hall–Kier alpha value is -2.05. The van der Waals surface area contributed by atoms with E-state index in [1.54, 1.807) is 24.3 Å². The van der Waals surface area contributed by atoms with Gasteiger partial charge in [0, 0.05) is 10.6 Å². The molecule has 0 atom stereocenters. The molecular formula is C17H15ClFNO3S. The van der Waals surface area contributed by atoms with Gasteiger partial charge in [-0.1, -0.05) is 17.7 Å². The molecule has 0 aromatic heterocycles. The Bertz CT molecular complexity index is 782. The van der Waals surface area contributed by atoms with Gasteiger partial charge < -0.3 is 10.1 Å². The van der Waals surface area contributed by atoms with Crippen LogP contribution in [0.1, 0.15) is 15.9 Å². The predicted octanol–water partition coefficient (Wildman–Crippen LogP) is 4.30. The number of thioether (sulfide) groups is 1. The lowest BCUT2D eigenvalue weighted by molar-refractivity contribution is -0.113. The highest BCUT2D eigenvalue weighted by Crippen LogP contribution is 2.24. The average molecular weight is 368 g/mol. The number of halogens is 2. The average Bonchev–Trinajstić information content (AvgIpc) is 2.57. The van der Waals surface area contributed by atoms with Gasteiger partial charge in [0.2, 0.25) is 5.91 Å². The molecule has 1 N–H and O–H groups in total. The molecule has 126 valence electrons. The van der Waals surface area contributed by atoms with Crippen LogP contribution in [-0.2, 0) is 9.53 Å². The van der Waals surface area contributed by atoms with Gasteiger partial charge in [0.15, 0.2) is 0 Å². The van der Waals surface area contributed by atoms with E-state index in [0.717, 1.165) is 5.56 Å². The highest BCUT2D eigenvalue weighted by atomic mass is 35.5. The normalized spacial score (nSPS) is 10.3. The third kappa shape index (κ3) is 4.72. The number of amides is 1. The molecule has 0 unspecified atom stereocenters. The van der Waals surface area contributed by atoms with E-state index >= 15 is 0 Å². The highest BCUT2D eigenvalue weighted by Gasteiger charge is 2.11. The van der Waals surface area contributed by atoms with Crippen LogP contribution in [-0.4, -0.2) is 24.7 Å². The van der Waals surface area contributed by atoms with Crippen LogP contribution >= 0.6 is 23.4 Å². The third-order valence-corrected chi connectivity index (χ3v) is 4.48. The Kier molecular flexibility index (Phi) is 6.23. The number of carbonyl (C=O) groups excluding carboxylic acids is 2. The van der Waals surface area contributed by atoms with Gasteiger partial charge in [0.1, 0.15) is 5.82 Å². The molecule has 2 rings (SSSR count). The molecular weight excluding hydrogens is 353 g/mol. The van der Waals surface area contributed by atoms with E-state index in [0.29, 0.717) is 16.1 Å². The highest BCUT2D eigenvalue weighted by molar-refractivity contribution is 8.00. The minimum atomic E-state index is -0.499. The fourth-order valence-corrected chi connectivity index (χ4v) is 2.88. The summed E-state index contributed by atoms with van der Waals surface area (Å²) in [7, 11) is 1.30. The van der Waals surface area contributed by atoms with Gasteiger partial charge in [-0.3, -0.25) is 4.79 Å². The minimum Gasteiger partial charge on any atom is -0.465 e. The van der Waals surface area contributed by atoms with Crippen molar-refractivity contribution in [1.82, 2.24) is 0 Å². The van der Waals surface area contributed by atoms with E-state index in [-0.39, 0.29) is 16.7 Å². The Morgan fingerprint density at radius 1 is 1.25 bits per heavy atom. The van der Waals surface area contributed by atoms with Gasteiger partial charge in [-0.2, -0.15) is 0 Å². The largest absolute Gasteiger partial charge is 0.465 e. The SMILES string of the molecule is COC(=O)c1ccc(C)c(NC(=O)CSc2ccc(F)c(Cl)c2)c1. The first-order valence-corrected chi connectivity index (χ1v) is 8.33. The summed E-state index contributed by atoms with van der Waals surface area (Å²) in [5.41, 5.74) is 1.72. The lowest BCUT2D eigenvalue weighted by Crippen LogP contribution is -2.15. The molecule has 0 aliphatic heterocycles. The molecule has 7 heteroatoms. The molecule has 0 radical (unpaired) electrons. The number of esters is 1. The van der Waals surface area contributed by atoms with Crippen molar-refractivity contribution in [3.8, 4) is 0 Å². The molecule has 1 amide bonds. The number of methoxy groups -OCH3 is 1. The molecule has 0 heterocycles. The van der Waals surface area contributed by atoms with Crippen molar-refractivity contribution < 1.29 is 18.7 Å². The second-order valence-electron chi connectivity index (χ2n) is 4.93. The number of carbonyl (C=O) groups is 2. The molecule has 4 nitrogen and oxygen atoms in total. The van der Waals surface area contributed by atoms with Crippen LogP contribution in [0, 0.1) is 12.7 Å². The van der Waals surface area contributed by atoms with Crippen LogP contribution < -0.4 is 5.32 Å². The van der Waals surface area contributed by atoms with Crippen molar-refractivity contribution in [3.05, 3.63) is 58.4 Å². The maximum absolute atomic E-state index is 13.1. The lowest BCUT2D eigenvalue weighted by Gasteiger charge is -2.10. The summed E-state index contributed by atoms with van der Waals surface area (Å²) in [5, 5.41) is 2.77. The number of hydrogen-bond donors (Lipinski definition) is 1. The second-order valence-corrected chi connectivity index (χ2v) is 6.39. The molecule has 0 spiro atoms. The van der Waals surface area contributed by atoms with Gasteiger partial charge in [0.25, 0.3) is 0 Å². The van der Waals surface area contributed by atoms with Crippen LogP contribution in [0.5, 0.6) is 0 Å². The Morgan fingerprint density at radius 3 is 2.67 bits per heavy atom. The third-order valence-electron chi connectivity index (χ3n) is 3.19. The Morgan fingerprint density at radius 2 is 2.00 bits per heavy atom. The zero-order valence-electron chi connectivity index (χ0n) is 13.1. The summed E-state index contributed by atoms with van der Waals surface area (Å²) in [6.07, 6.45) is 0. The second kappa shape index (κ2) is 8.17. The minimum absolute atomic E-state index is 0.0158. The van der Waals surface area contributed by atoms with E-state index in [1.165, 1.54) is 31.0 Å². The summed E-state index contributed by atoms with van der Waals surface area (Å²) in [6, 6.07) is 9.21. The standard InChI is InChI=1S/C17H15ClFNO3S/c1-10-3-4-11(17(22)23-2)7-15(10)20-16(21)9-24-12-5-6-14(19)13(18)8-12/h3-8H,9H2,1-2H3,(H,20,21). The van der Waals surface area contributed by atoms with Crippen molar-refractivity contribution in [1.29, 1.82) is 0 Å². The Labute approximate surface area is 148 Å². The van der Waals surface area contributed by atoms with Crippen molar-refractivity contribution in [2.75, 3.05) is 18.2 Å². The molecule has 0 bridgehead atoms. The van der Waals surface area contributed by atoms with E-state index in [9.17, 15) is 14.0 Å². The zero-order valence-corrected chi connectivity index (χ0v) is 14.6. The molecule has 24 heavy (non-hydrogen) atoms. The first-order chi connectivity index (χ1) is 11.4. The first kappa shape index (κ1) is 18.3. The number of aryl methyl sites for hydroxylation is 1. The van der Waals surface area contributed by atoms with Crippen LogP contribution in [0.4, 0.5) is 10.1 Å². The maximum Gasteiger partial charge on any atom is 0.337 e. The molecule has 2 aromatic carbocycles. The number of hydrogen-bond acceptors (Lipinski definition) is 4. The fraction of sp³-hybridized carbons (Fsp3) is 0.176. The number of anilines is 1. The molecule has 2 aromatic rings. The van der Waals surface area contributed by atoms with Crippen LogP contribution in [0.15, 0.2) is 41.3 Å². The molecule has 0 aliphatic carbocycles. The monoisotopic (exact) mass is 367 g/mol. The summed E-state index contributed by atoms with van der Waals surface area (Å²) in [6.45, 7) is 1.82. The van der Waals surface area contributed by atoms with Crippen molar-refractivity contribution in [3.63, 3.8) is 0 Å². The Balaban J connectivity index is 2.01. The van der Waals surface area contributed by atoms with Gasteiger partial charge in [-0.05, 0) is 42.8 Å². The number of rotatable bonds is 5. The van der Waals surface area contributed by atoms with Gasteiger partial charge in [0.05, 0.1) is 23.4 Å². The van der Waals surface area contributed by atoms with Crippen molar-refractivity contribution in [2.24, 2.45) is 0 Å². The van der Waals surface area contributed by atoms with E-state index in [4.69, 9.17) is 11.6 Å². The van der Waals surface area contributed by atoms with E-state index in [1.807, 2.05) is 6.92 Å². The van der Waals surface area contributed by atoms with Gasteiger partial charge in [-0.15, -0.1) is 11.8 Å². The lowest BCUT2D eigenvalue weighted by atomic mass is 10.1. The topological polar surface area (TPSA) is 55.4 Å². The smallest absolute Gasteiger partial charge is 0.337 e. The fourth-order valence-electron chi connectivity index (χ4n) is 1.90. The van der Waals surface area contributed by atoms with Gasteiger partial charge in [-0.25, -0.2) is 9.18 Å². The summed E-state index contributed by atoms with van der Waals surface area (Å²) in [4.78, 5) is 24.3. The molecule has 0 aliphatic rings. The number of ether oxygens (including phenoxy) is 1. The summed E-state index contributed by atoms with van der Waals surface area (Å²) in [5.74, 6) is -1.09. The van der Waals surface area contributed by atoms with E-state index < -0.39 is 11.8 Å². The summed E-state index contributed by atoms with van der Waals surface area (Å²) >= 11 is 6.94. The maximum atomic E-state index is 13.1. The number of benzene rings is 2. The number of nitrogens with one attached hydrogen (secondary N) is 1. The molecule has 0 saturated carbocycles. The summed E-state index contributed by atoms with van der Waals surface area (Å²) < 4.78 is 17.8. The first-order valence-electron chi connectivity index (χ1n) is 6.97. The molecule has 0 saturated heterocycles. The van der Waals surface area contributed by atoms with Crippen LogP contribution in [0.25, 0.3) is 0 Å². The zero-order chi connectivity index (χ0) is 17.7. The quantitative estimate of drug-likeness (QED) is 0.632. The van der Waals surface area contributed by atoms with Crippen LogP contribution in [0.2, 0.25) is 5.02 Å². The van der Waals surface area contributed by atoms with Gasteiger partial charge >= 0.3 is 5.97 Å².